The molecular weight excluding hydrogens is 799 g/mol. The molecule has 0 bridgehead atoms. The number of para-hydroxylation sites is 1. The zero-order valence-corrected chi connectivity index (χ0v) is 32.8. The predicted molar refractivity (Wildman–Crippen MR) is 218 cm³/mol. The van der Waals surface area contributed by atoms with Crippen molar-refractivity contribution in [3.05, 3.63) is 151 Å². The van der Waals surface area contributed by atoms with E-state index in [1.165, 1.54) is 31.1 Å². The summed E-state index contributed by atoms with van der Waals surface area (Å²) in [5.74, 6) is -9.09. The molecule has 8 rings (SSSR count). The Labute approximate surface area is 346 Å². The van der Waals surface area contributed by atoms with Crippen molar-refractivity contribution in [3.8, 4) is 5.75 Å². The highest BCUT2D eigenvalue weighted by atomic mass is 35.5. The molecule has 4 amide bonds. The fourth-order valence-electron chi connectivity index (χ4n) is 9.87. The third-order valence-electron chi connectivity index (χ3n) is 12.2. The molecule has 6 atom stereocenters. The molecule has 6 unspecified atom stereocenters. The Morgan fingerprint density at radius 1 is 0.950 bits per heavy atom. The molecule has 0 radical (unpaired) electrons. The van der Waals surface area contributed by atoms with Crippen molar-refractivity contribution in [2.45, 2.75) is 30.6 Å². The SMILES string of the molecule is C=CCc1cccc(C2C3=CCC4C(=O)N(c5cc([N+](=O)[O-])c(N(C)C)c([N+](=O)[O-])c5)C(=O)C4C3CC3C(=O)N(Nc4ccc(F)cc4)C(=O)C32c2ccc(Cl)cc2)c1O. The number of carbonyl (C=O) groups is 4. The van der Waals surface area contributed by atoms with Crippen molar-refractivity contribution in [3.63, 3.8) is 0 Å². The van der Waals surface area contributed by atoms with Crippen LogP contribution in [-0.4, -0.2) is 57.7 Å². The standard InChI is InChI=1S/C43H36ClFN6O9/c1-4-6-22-7-5-8-30(38(22)52)36-28-17-18-29-35(41(55)48(39(29)53)27-19-33(50(57)58)37(47(2)3)34(20-27)51(59)60)31(28)21-32-40(54)49(46-26-15-13-25(45)14-16-26)42(56)43(32,36)23-9-11-24(44)12-10-23/h4-5,7-17,19-20,29,31-32,35-36,46,52H,1,6,18,21H2,2-3H3. The van der Waals surface area contributed by atoms with Crippen LogP contribution in [0.1, 0.15) is 35.4 Å². The molecule has 2 aliphatic carbocycles. The van der Waals surface area contributed by atoms with Crippen LogP contribution >= 0.6 is 11.6 Å². The molecule has 2 heterocycles. The number of nitro benzene ring substituents is 2. The average molecular weight is 835 g/mol. The Hall–Kier alpha value is -6.94. The summed E-state index contributed by atoms with van der Waals surface area (Å²) in [5.41, 5.74) is 0.875. The molecule has 306 valence electrons. The van der Waals surface area contributed by atoms with Gasteiger partial charge in [-0.15, -0.1) is 6.58 Å². The van der Waals surface area contributed by atoms with Crippen LogP contribution in [0.25, 0.3) is 0 Å². The molecule has 60 heavy (non-hydrogen) atoms. The summed E-state index contributed by atoms with van der Waals surface area (Å²) in [6.07, 6.45) is 3.42. The lowest BCUT2D eigenvalue weighted by Gasteiger charge is -2.50. The van der Waals surface area contributed by atoms with Crippen LogP contribution in [0.2, 0.25) is 5.02 Å². The van der Waals surface area contributed by atoms with E-state index in [1.807, 2.05) is 0 Å². The first-order valence-corrected chi connectivity index (χ1v) is 19.3. The number of rotatable bonds is 10. The van der Waals surface area contributed by atoms with E-state index in [-0.39, 0.29) is 47.6 Å². The first-order valence-electron chi connectivity index (χ1n) is 18.9. The van der Waals surface area contributed by atoms with Crippen LogP contribution in [0.4, 0.5) is 32.8 Å². The molecule has 4 aromatic carbocycles. The highest BCUT2D eigenvalue weighted by molar-refractivity contribution is 6.30. The van der Waals surface area contributed by atoms with E-state index in [0.29, 0.717) is 21.7 Å². The maximum Gasteiger partial charge on any atom is 0.301 e. The molecule has 1 saturated carbocycles. The first kappa shape index (κ1) is 39.9. The van der Waals surface area contributed by atoms with Gasteiger partial charge in [0.05, 0.1) is 44.4 Å². The lowest BCUT2D eigenvalue weighted by atomic mass is 9.49. The van der Waals surface area contributed by atoms with Crippen molar-refractivity contribution in [2.75, 3.05) is 29.3 Å². The van der Waals surface area contributed by atoms with E-state index >= 15 is 4.79 Å². The number of hydrogen-bond acceptors (Lipinski definition) is 11. The number of nitrogens with one attached hydrogen (secondary N) is 1. The third-order valence-corrected chi connectivity index (χ3v) is 12.5. The molecule has 0 spiro atoms. The maximum absolute atomic E-state index is 15.4. The minimum absolute atomic E-state index is 0.0395. The summed E-state index contributed by atoms with van der Waals surface area (Å²) in [6, 6.07) is 18.4. The van der Waals surface area contributed by atoms with Gasteiger partial charge in [-0.3, -0.25) is 44.8 Å². The summed E-state index contributed by atoms with van der Waals surface area (Å²) in [4.78, 5) is 84.4. The van der Waals surface area contributed by atoms with Crippen molar-refractivity contribution < 1.29 is 38.5 Å². The van der Waals surface area contributed by atoms with Crippen molar-refractivity contribution in [1.29, 1.82) is 0 Å². The number of halogens is 2. The minimum atomic E-state index is -1.78. The Kier molecular flexibility index (Phi) is 9.77. The van der Waals surface area contributed by atoms with Crippen LogP contribution in [0.3, 0.4) is 0 Å². The number of imide groups is 2. The number of phenolic OH excluding ortho intramolecular Hbond substituents is 1. The Morgan fingerprint density at radius 2 is 1.60 bits per heavy atom. The van der Waals surface area contributed by atoms with Gasteiger partial charge in [0, 0.05) is 42.7 Å². The number of amides is 4. The van der Waals surface area contributed by atoms with Gasteiger partial charge in [0.1, 0.15) is 11.6 Å². The molecule has 15 nitrogen and oxygen atoms in total. The second kappa shape index (κ2) is 14.7. The lowest BCUT2D eigenvalue weighted by molar-refractivity contribution is -0.392. The van der Waals surface area contributed by atoms with Crippen LogP contribution in [0.5, 0.6) is 5.75 Å². The van der Waals surface area contributed by atoms with E-state index in [4.69, 9.17) is 11.6 Å². The van der Waals surface area contributed by atoms with Crippen LogP contribution in [-0.2, 0) is 31.0 Å². The van der Waals surface area contributed by atoms with Crippen molar-refractivity contribution in [2.24, 2.45) is 23.7 Å². The second-order valence-corrected chi connectivity index (χ2v) is 15.9. The average Bonchev–Trinajstić information content (AvgIpc) is 3.59. The topological polar surface area (TPSA) is 197 Å². The number of hydrazine groups is 1. The molecule has 2 aliphatic heterocycles. The van der Waals surface area contributed by atoms with Gasteiger partial charge in [-0.25, -0.2) is 9.29 Å². The van der Waals surface area contributed by atoms with E-state index in [1.54, 1.807) is 54.6 Å². The Morgan fingerprint density at radius 3 is 2.20 bits per heavy atom. The van der Waals surface area contributed by atoms with Gasteiger partial charge in [0.25, 0.3) is 11.8 Å². The Balaban J connectivity index is 1.33. The highest BCUT2D eigenvalue weighted by Gasteiger charge is 2.70. The second-order valence-electron chi connectivity index (χ2n) is 15.5. The fraction of sp³-hybridized carbons (Fsp3) is 0.256. The van der Waals surface area contributed by atoms with Crippen molar-refractivity contribution in [1.82, 2.24) is 5.01 Å². The van der Waals surface area contributed by atoms with E-state index in [9.17, 15) is 44.1 Å². The number of hydrogen-bond donors (Lipinski definition) is 2. The molecule has 17 heteroatoms. The van der Waals surface area contributed by atoms with Gasteiger partial charge < -0.3 is 10.0 Å². The summed E-state index contributed by atoms with van der Waals surface area (Å²) >= 11 is 6.37. The fourth-order valence-corrected chi connectivity index (χ4v) is 10.00. The van der Waals surface area contributed by atoms with Gasteiger partial charge in [0.2, 0.25) is 11.8 Å². The lowest BCUT2D eigenvalue weighted by Crippen LogP contribution is -2.53. The molecule has 4 aliphatic rings. The Bertz CT molecular complexity index is 2550. The number of nitrogens with zero attached hydrogens (tertiary/aromatic N) is 5. The van der Waals surface area contributed by atoms with Crippen LogP contribution in [0.15, 0.2) is 103 Å². The summed E-state index contributed by atoms with van der Waals surface area (Å²) in [5, 5.41) is 37.8. The highest BCUT2D eigenvalue weighted by Crippen LogP contribution is 2.65. The van der Waals surface area contributed by atoms with E-state index < -0.39 is 85.7 Å². The third kappa shape index (κ3) is 5.92. The number of fused-ring (bicyclic) bond motifs is 4. The summed E-state index contributed by atoms with van der Waals surface area (Å²) < 4.78 is 14.0. The number of phenols is 1. The van der Waals surface area contributed by atoms with Gasteiger partial charge in [-0.05, 0) is 72.7 Å². The van der Waals surface area contributed by atoms with Crippen LogP contribution in [0, 0.1) is 49.7 Å². The van der Waals surface area contributed by atoms with Crippen LogP contribution < -0.4 is 15.2 Å². The van der Waals surface area contributed by atoms with Gasteiger partial charge in [0.15, 0.2) is 5.69 Å². The predicted octanol–water partition coefficient (Wildman–Crippen LogP) is 6.99. The monoisotopic (exact) mass is 834 g/mol. The van der Waals surface area contributed by atoms with Crippen molar-refractivity contribution >= 4 is 63.7 Å². The number of benzene rings is 4. The first-order chi connectivity index (χ1) is 28.6. The number of anilines is 3. The van der Waals surface area contributed by atoms with E-state index in [2.05, 4.69) is 12.0 Å². The van der Waals surface area contributed by atoms with E-state index in [0.717, 1.165) is 34.2 Å². The quantitative estimate of drug-likeness (QED) is 0.0724. The maximum atomic E-state index is 15.4. The zero-order valence-electron chi connectivity index (χ0n) is 32.1. The summed E-state index contributed by atoms with van der Waals surface area (Å²) in [7, 11) is 2.78. The molecule has 2 saturated heterocycles. The van der Waals surface area contributed by atoms with Gasteiger partial charge in [-0.1, -0.05) is 59.7 Å². The number of carbonyl (C=O) groups excluding carboxylic acids is 4. The molecular formula is C43H36ClFN6O9. The zero-order chi connectivity index (χ0) is 42.9. The van der Waals surface area contributed by atoms with Gasteiger partial charge >= 0.3 is 11.4 Å². The number of allylic oxidation sites excluding steroid dienone is 3. The summed E-state index contributed by atoms with van der Waals surface area (Å²) in [6.45, 7) is 3.81. The molecule has 2 N–H and O–H groups in total. The molecule has 4 aromatic rings. The molecule has 3 fully saturated rings. The minimum Gasteiger partial charge on any atom is -0.507 e. The smallest absolute Gasteiger partial charge is 0.301 e. The number of aromatic hydroxyl groups is 1. The largest absolute Gasteiger partial charge is 0.507 e. The van der Waals surface area contributed by atoms with Gasteiger partial charge in [-0.2, -0.15) is 5.01 Å². The molecule has 0 aromatic heterocycles. The number of nitro groups is 2. The normalized spacial score (nSPS) is 24.4.